The lowest BCUT2D eigenvalue weighted by Gasteiger charge is -2.25. The van der Waals surface area contributed by atoms with Crippen LogP contribution in [0.1, 0.15) is 291 Å². The second-order valence-electron chi connectivity index (χ2n) is 19.4. The maximum atomic E-state index is 14.3. The Labute approximate surface area is 530 Å². The van der Waals surface area contributed by atoms with Crippen LogP contribution in [0.15, 0.2) is 84.9 Å². The zero-order valence-corrected chi connectivity index (χ0v) is 46.8. The number of benzene rings is 6. The third-order valence-corrected chi connectivity index (χ3v) is 13.3. The third-order valence-electron chi connectivity index (χ3n) is 13.3. The van der Waals surface area contributed by atoms with Gasteiger partial charge in [-0.1, -0.05) is 296 Å². The Kier molecular flexibility index (Phi) is 72.6. The first-order chi connectivity index (χ1) is 35.6. The lowest BCUT2D eigenvalue weighted by atomic mass is 9.80. The molecule has 0 aromatic heterocycles. The minimum atomic E-state index is -0.684. The van der Waals surface area contributed by atoms with Crippen LogP contribution in [0.2, 0.25) is 0 Å². The van der Waals surface area contributed by atoms with Gasteiger partial charge in [0, 0.05) is 11.8 Å². The van der Waals surface area contributed by atoms with Crippen molar-refractivity contribution in [3.05, 3.63) is 187 Å². The molecule has 6 aromatic carbocycles. The standard InChI is InChI=1S/C17H20F2.C16H22F2.C13H10F2.C12H16F2.2C4H10.12CH4/c1-4-6-12-8-9-13-10-14(7-5-2)16(18)17(19)15(13)11(12)3;1-3-5-11-7-8-12-10-13(6-4-2)15(17)16(18)14(12)9-11;14-12-7-3-1-5-10(12)9-11-6-2-4-8-13(11)15;1-3-5-9-7-8-10(6-4-2)12(14)11(9)13;2*1-3-4-2;;;;;;;;;;;;/h8-10H,4-7H2,1-3H3;10-11H,3-9H2,1-2H3;1-8H,9H2;7-8H,3-6H2,1-2H3;2*3-4H2,1-2H3;12*1H4. The first-order valence-corrected chi connectivity index (χ1v) is 27.9. The molecule has 0 fully saturated rings. The van der Waals surface area contributed by atoms with E-state index in [2.05, 4.69) is 41.5 Å². The number of unbranched alkanes of at least 4 members (excludes halogenated alkanes) is 2. The Hall–Kier alpha value is -4.98. The fourth-order valence-electron chi connectivity index (χ4n) is 8.80. The van der Waals surface area contributed by atoms with Gasteiger partial charge in [0.15, 0.2) is 34.9 Å². The summed E-state index contributed by atoms with van der Waals surface area (Å²) in [5.74, 6) is -3.89. The maximum Gasteiger partial charge on any atom is 0.167 e. The van der Waals surface area contributed by atoms with Crippen LogP contribution in [0.3, 0.4) is 0 Å². The molecule has 1 aliphatic carbocycles. The topological polar surface area (TPSA) is 0 Å². The van der Waals surface area contributed by atoms with Gasteiger partial charge < -0.3 is 0 Å². The summed E-state index contributed by atoms with van der Waals surface area (Å²) in [6.45, 7) is 22.7. The molecule has 0 saturated carbocycles. The lowest BCUT2D eigenvalue weighted by Crippen LogP contribution is -2.17. The molecule has 0 aliphatic heterocycles. The minimum Gasteiger partial charge on any atom is -0.207 e. The fourth-order valence-corrected chi connectivity index (χ4v) is 8.80. The van der Waals surface area contributed by atoms with Crippen molar-refractivity contribution in [3.63, 3.8) is 0 Å². The van der Waals surface area contributed by atoms with Crippen molar-refractivity contribution in [2.45, 2.75) is 294 Å². The first-order valence-electron chi connectivity index (χ1n) is 27.9. The van der Waals surface area contributed by atoms with Crippen molar-refractivity contribution < 1.29 is 35.1 Å². The van der Waals surface area contributed by atoms with Crippen molar-refractivity contribution in [3.8, 4) is 0 Å². The Morgan fingerprint density at radius 2 is 0.698 bits per heavy atom. The van der Waals surface area contributed by atoms with Crippen LogP contribution < -0.4 is 0 Å². The molecule has 6 aromatic rings. The minimum absolute atomic E-state index is 0. The highest BCUT2D eigenvalue weighted by Crippen LogP contribution is 2.33. The quantitative estimate of drug-likeness (QED) is 0.0848. The van der Waals surface area contributed by atoms with Crippen molar-refractivity contribution in [2.24, 2.45) is 5.92 Å². The third kappa shape index (κ3) is 33.4. The zero-order chi connectivity index (χ0) is 55.2. The molecule has 0 bridgehead atoms. The van der Waals surface area contributed by atoms with Crippen molar-refractivity contribution in [1.29, 1.82) is 0 Å². The first kappa shape index (κ1) is 106. The van der Waals surface area contributed by atoms with E-state index in [9.17, 15) is 35.1 Å². The van der Waals surface area contributed by atoms with Gasteiger partial charge in [0.2, 0.25) is 0 Å². The van der Waals surface area contributed by atoms with Gasteiger partial charge in [0.05, 0.1) is 0 Å². The molecule has 0 amide bonds. The van der Waals surface area contributed by atoms with Gasteiger partial charge in [-0.3, -0.25) is 0 Å². The molecule has 0 radical (unpaired) electrons. The number of halogens is 8. The van der Waals surface area contributed by atoms with Gasteiger partial charge in [-0.25, -0.2) is 35.1 Å². The van der Waals surface area contributed by atoms with Crippen molar-refractivity contribution in [2.75, 3.05) is 0 Å². The summed E-state index contributed by atoms with van der Waals surface area (Å²) >= 11 is 0. The van der Waals surface area contributed by atoms with E-state index in [0.717, 1.165) is 92.7 Å². The van der Waals surface area contributed by atoms with Gasteiger partial charge in [-0.15, -0.1) is 0 Å². The van der Waals surface area contributed by atoms with Crippen LogP contribution in [0.4, 0.5) is 35.1 Å². The Bertz CT molecular complexity index is 2460. The highest BCUT2D eigenvalue weighted by molar-refractivity contribution is 5.88. The number of hydrogen-bond acceptors (Lipinski definition) is 0. The zero-order valence-electron chi connectivity index (χ0n) is 46.8. The molecule has 0 heterocycles. The van der Waals surface area contributed by atoms with Crippen LogP contribution in [-0.2, 0) is 51.4 Å². The molecule has 7 rings (SSSR count). The van der Waals surface area contributed by atoms with Crippen LogP contribution in [0, 0.1) is 59.4 Å². The van der Waals surface area contributed by atoms with Crippen LogP contribution >= 0.6 is 0 Å². The average molecular weight is 1230 g/mol. The maximum absolute atomic E-state index is 14.3. The molecule has 0 N–H and O–H groups in total. The molecule has 0 saturated heterocycles. The SMILES string of the molecule is C.C.C.C.C.C.C.C.C.C.C.C.CCCC.CCCC.CCCc1cc2c(c(F)c1F)CC(CCC)CC2.CCCc1cc2ccc(CCC)c(C)c2c(F)c1F.CCCc1ccc(CCC)c(F)c1F.Fc1ccccc1Cc1ccccc1F. The number of aryl methyl sites for hydroxylation is 7. The number of rotatable bonds is 16. The normalized spacial score (nSPS) is 10.6. The summed E-state index contributed by atoms with van der Waals surface area (Å²) in [5, 5.41) is 1.25. The summed E-state index contributed by atoms with van der Waals surface area (Å²) in [5.41, 5.74) is 6.73. The molecular weight excluding hydrogens is 1090 g/mol. The van der Waals surface area contributed by atoms with E-state index in [1.807, 2.05) is 52.8 Å². The molecular formula is C78H136F8. The van der Waals surface area contributed by atoms with Gasteiger partial charge in [-0.05, 0) is 143 Å². The van der Waals surface area contributed by atoms with Gasteiger partial charge in [0.1, 0.15) is 11.6 Å². The molecule has 504 valence electrons. The molecule has 1 atom stereocenters. The summed E-state index contributed by atoms with van der Waals surface area (Å²) in [4.78, 5) is 0. The highest BCUT2D eigenvalue weighted by Gasteiger charge is 2.25. The summed E-state index contributed by atoms with van der Waals surface area (Å²) in [6.07, 6.45) is 18.2. The average Bonchev–Trinajstić information content (AvgIpc) is 3.40. The largest absolute Gasteiger partial charge is 0.207 e. The van der Waals surface area contributed by atoms with E-state index in [1.165, 1.54) is 37.8 Å². The monoisotopic (exact) mass is 1230 g/mol. The number of fused-ring (bicyclic) bond motifs is 2. The lowest BCUT2D eigenvalue weighted by molar-refractivity contribution is 0.400. The van der Waals surface area contributed by atoms with E-state index in [1.54, 1.807) is 54.6 Å². The van der Waals surface area contributed by atoms with Crippen LogP contribution in [-0.4, -0.2) is 0 Å². The van der Waals surface area contributed by atoms with Gasteiger partial charge in [-0.2, -0.15) is 0 Å². The Morgan fingerprint density at radius 3 is 1.08 bits per heavy atom. The van der Waals surface area contributed by atoms with E-state index in [4.69, 9.17) is 0 Å². The van der Waals surface area contributed by atoms with E-state index in [-0.39, 0.29) is 101 Å². The summed E-state index contributed by atoms with van der Waals surface area (Å²) in [6, 6.07) is 23.9. The molecule has 1 aliphatic rings. The molecule has 0 nitrogen and oxygen atoms in total. The second kappa shape index (κ2) is 59.0. The smallest absolute Gasteiger partial charge is 0.167 e. The van der Waals surface area contributed by atoms with Crippen LogP contribution in [0.5, 0.6) is 0 Å². The highest BCUT2D eigenvalue weighted by atomic mass is 19.2. The number of hydrogen-bond donors (Lipinski definition) is 0. The van der Waals surface area contributed by atoms with Crippen molar-refractivity contribution in [1.82, 2.24) is 0 Å². The van der Waals surface area contributed by atoms with Gasteiger partial charge in [0.25, 0.3) is 0 Å². The van der Waals surface area contributed by atoms with E-state index in [0.29, 0.717) is 82.4 Å². The second-order valence-corrected chi connectivity index (χ2v) is 19.4. The van der Waals surface area contributed by atoms with Gasteiger partial charge >= 0.3 is 0 Å². The Balaban J connectivity index is -0.0000000892. The molecule has 86 heavy (non-hydrogen) atoms. The Morgan fingerprint density at radius 1 is 0.349 bits per heavy atom. The predicted molar refractivity (Wildman–Crippen MR) is 379 cm³/mol. The van der Waals surface area contributed by atoms with Crippen LogP contribution in [0.25, 0.3) is 10.8 Å². The van der Waals surface area contributed by atoms with E-state index >= 15 is 0 Å². The molecule has 1 unspecified atom stereocenters. The summed E-state index contributed by atoms with van der Waals surface area (Å²) in [7, 11) is 0. The predicted octanol–water partition coefficient (Wildman–Crippen LogP) is 28.8. The molecule has 0 spiro atoms. The molecule has 8 heteroatoms. The fraction of sp³-hybridized carbons (Fsp3) is 0.564. The van der Waals surface area contributed by atoms with Crippen molar-refractivity contribution >= 4 is 10.8 Å². The summed E-state index contributed by atoms with van der Waals surface area (Å²) < 4.78 is 110. The van der Waals surface area contributed by atoms with E-state index < -0.39 is 34.9 Å².